The van der Waals surface area contributed by atoms with Crippen LogP contribution in [0.2, 0.25) is 0 Å². The molecule has 0 aliphatic carbocycles. The van der Waals surface area contributed by atoms with E-state index in [2.05, 4.69) is 81.5 Å². The van der Waals surface area contributed by atoms with Gasteiger partial charge in [0, 0.05) is 44.0 Å². The standard InChI is InChI=1S/C26H36N2O.Y/c1-21-14-15-23(26(2,3)4)18-24(21)27-25(29)20-28(16-10-5-6-11-17-28)19-22-12-8-7-9-13-22;/h7-9,12-15,18H,5-6,10-11,16-17,19-20H2,1-4H3;/p+1. The molecule has 1 heterocycles. The number of nitrogens with zero attached hydrogens (tertiary/aromatic N) is 1. The molecule has 1 fully saturated rings. The summed E-state index contributed by atoms with van der Waals surface area (Å²) in [4.78, 5) is 13.2. The third kappa shape index (κ3) is 7.00. The summed E-state index contributed by atoms with van der Waals surface area (Å²) in [6.45, 7) is 12.4. The Balaban J connectivity index is 0.00000320. The number of likely N-dealkylation sites (tertiary alicyclic amines) is 1. The molecule has 1 saturated heterocycles. The third-order valence-electron chi connectivity index (χ3n) is 6.23. The van der Waals surface area contributed by atoms with Crippen LogP contribution in [0.3, 0.4) is 0 Å². The fraction of sp³-hybridized carbons (Fsp3) is 0.500. The summed E-state index contributed by atoms with van der Waals surface area (Å²) in [5, 5.41) is 3.25. The predicted octanol–water partition coefficient (Wildman–Crippen LogP) is 5.82. The minimum Gasteiger partial charge on any atom is -0.321 e. The maximum Gasteiger partial charge on any atom is 0.279 e. The first kappa shape index (κ1) is 25.2. The van der Waals surface area contributed by atoms with Crippen LogP contribution in [0.4, 0.5) is 5.69 Å². The van der Waals surface area contributed by atoms with Crippen LogP contribution in [0.5, 0.6) is 0 Å². The molecule has 2 aromatic carbocycles. The van der Waals surface area contributed by atoms with Gasteiger partial charge in [0.15, 0.2) is 6.54 Å². The van der Waals surface area contributed by atoms with Crippen LogP contribution in [-0.2, 0) is 49.5 Å². The van der Waals surface area contributed by atoms with Crippen molar-refractivity contribution in [1.29, 1.82) is 0 Å². The molecular weight excluding hydrogens is 445 g/mol. The number of amides is 1. The Morgan fingerprint density at radius 2 is 1.60 bits per heavy atom. The Morgan fingerprint density at radius 1 is 0.967 bits per heavy atom. The zero-order valence-corrected chi connectivity index (χ0v) is 22.0. The Kier molecular flexibility index (Phi) is 9.27. The van der Waals surface area contributed by atoms with Crippen molar-refractivity contribution < 1.29 is 42.0 Å². The maximum atomic E-state index is 13.2. The second-order valence-electron chi connectivity index (χ2n) is 9.83. The second kappa shape index (κ2) is 11.0. The first-order chi connectivity index (χ1) is 13.8. The summed E-state index contributed by atoms with van der Waals surface area (Å²) >= 11 is 0. The molecule has 3 nitrogen and oxygen atoms in total. The van der Waals surface area contributed by atoms with Gasteiger partial charge in [-0.15, -0.1) is 0 Å². The molecule has 0 unspecified atom stereocenters. The summed E-state index contributed by atoms with van der Waals surface area (Å²) in [5.74, 6) is 0.136. The Bertz CT molecular complexity index is 819. The van der Waals surface area contributed by atoms with E-state index in [1.165, 1.54) is 36.8 Å². The molecule has 0 atom stereocenters. The van der Waals surface area contributed by atoms with Crippen LogP contribution in [-0.4, -0.2) is 30.0 Å². The number of carbonyl (C=O) groups excluding carboxylic acids is 1. The van der Waals surface area contributed by atoms with E-state index >= 15 is 0 Å². The Hall–Kier alpha value is -1.03. The largest absolute Gasteiger partial charge is 0.321 e. The molecule has 0 spiro atoms. The van der Waals surface area contributed by atoms with Crippen LogP contribution in [0, 0.1) is 6.92 Å². The van der Waals surface area contributed by atoms with Crippen LogP contribution in [0.25, 0.3) is 0 Å². The van der Waals surface area contributed by atoms with E-state index in [1.807, 2.05) is 0 Å². The van der Waals surface area contributed by atoms with E-state index < -0.39 is 0 Å². The van der Waals surface area contributed by atoms with Gasteiger partial charge in [0.05, 0.1) is 13.1 Å². The van der Waals surface area contributed by atoms with Crippen molar-refractivity contribution in [1.82, 2.24) is 0 Å². The molecule has 1 amide bonds. The van der Waals surface area contributed by atoms with E-state index in [0.717, 1.165) is 35.4 Å². The monoisotopic (exact) mass is 482 g/mol. The van der Waals surface area contributed by atoms with Gasteiger partial charge in [-0.3, -0.25) is 4.79 Å². The fourth-order valence-electron chi connectivity index (χ4n) is 4.42. The normalized spacial score (nSPS) is 16.3. The Labute approximate surface area is 208 Å². The zero-order valence-electron chi connectivity index (χ0n) is 19.2. The van der Waals surface area contributed by atoms with E-state index in [4.69, 9.17) is 0 Å². The van der Waals surface area contributed by atoms with Crippen molar-refractivity contribution in [3.8, 4) is 0 Å². The number of quaternary nitrogens is 1. The molecule has 1 aliphatic heterocycles. The number of hydrogen-bond acceptors (Lipinski definition) is 1. The molecule has 1 radical (unpaired) electrons. The van der Waals surface area contributed by atoms with Crippen molar-refractivity contribution in [2.24, 2.45) is 0 Å². The van der Waals surface area contributed by atoms with Gasteiger partial charge in [-0.25, -0.2) is 0 Å². The molecule has 159 valence electrons. The van der Waals surface area contributed by atoms with Crippen molar-refractivity contribution in [3.05, 3.63) is 65.2 Å². The van der Waals surface area contributed by atoms with Crippen molar-refractivity contribution in [2.75, 3.05) is 25.0 Å². The van der Waals surface area contributed by atoms with Crippen LogP contribution in [0.1, 0.15) is 63.1 Å². The number of anilines is 1. The Morgan fingerprint density at radius 3 is 2.20 bits per heavy atom. The quantitative estimate of drug-likeness (QED) is 0.535. The average molecular weight is 483 g/mol. The van der Waals surface area contributed by atoms with E-state index in [-0.39, 0.29) is 44.0 Å². The van der Waals surface area contributed by atoms with Gasteiger partial charge in [0.2, 0.25) is 0 Å². The molecule has 0 saturated carbocycles. The third-order valence-corrected chi connectivity index (χ3v) is 6.23. The smallest absolute Gasteiger partial charge is 0.279 e. The first-order valence-electron chi connectivity index (χ1n) is 11.1. The fourth-order valence-corrected chi connectivity index (χ4v) is 4.42. The van der Waals surface area contributed by atoms with E-state index in [1.54, 1.807) is 0 Å². The topological polar surface area (TPSA) is 29.1 Å². The number of carbonyl (C=O) groups is 1. The molecule has 4 heteroatoms. The van der Waals surface area contributed by atoms with Gasteiger partial charge in [0.25, 0.3) is 5.91 Å². The van der Waals surface area contributed by atoms with E-state index in [9.17, 15) is 4.79 Å². The van der Waals surface area contributed by atoms with Crippen LogP contribution in [0.15, 0.2) is 48.5 Å². The van der Waals surface area contributed by atoms with Crippen molar-refractivity contribution in [2.45, 2.75) is 65.3 Å². The molecule has 1 N–H and O–H groups in total. The number of nitrogens with one attached hydrogen (secondary N) is 1. The summed E-state index contributed by atoms with van der Waals surface area (Å²) in [6, 6.07) is 17.1. The number of hydrogen-bond donors (Lipinski definition) is 1. The number of benzene rings is 2. The second-order valence-corrected chi connectivity index (χ2v) is 9.83. The van der Waals surface area contributed by atoms with Gasteiger partial charge >= 0.3 is 0 Å². The van der Waals surface area contributed by atoms with Crippen molar-refractivity contribution >= 4 is 11.6 Å². The van der Waals surface area contributed by atoms with Gasteiger partial charge in [0.1, 0.15) is 6.54 Å². The summed E-state index contributed by atoms with van der Waals surface area (Å²) in [5.41, 5.74) is 4.72. The number of aryl methyl sites for hydroxylation is 1. The summed E-state index contributed by atoms with van der Waals surface area (Å²) in [7, 11) is 0. The molecule has 2 aromatic rings. The van der Waals surface area contributed by atoms with Crippen LogP contribution >= 0.6 is 0 Å². The maximum absolute atomic E-state index is 13.2. The minimum atomic E-state index is 0. The molecule has 30 heavy (non-hydrogen) atoms. The molecule has 0 aromatic heterocycles. The first-order valence-corrected chi connectivity index (χ1v) is 11.1. The van der Waals surface area contributed by atoms with E-state index in [0.29, 0.717) is 6.54 Å². The molecular formula is C26H37N2OY+. The SMILES string of the molecule is Cc1ccc(C(C)(C)C)cc1NC(=O)C[N+]1(Cc2ccccc2)CCCCCC1.[Y]. The van der Waals surface area contributed by atoms with Gasteiger partial charge in [-0.2, -0.15) is 0 Å². The average Bonchev–Trinajstić information content (AvgIpc) is 2.89. The summed E-state index contributed by atoms with van der Waals surface area (Å²) in [6.07, 6.45) is 4.98. The summed E-state index contributed by atoms with van der Waals surface area (Å²) < 4.78 is 0.869. The molecule has 3 rings (SSSR count). The van der Waals surface area contributed by atoms with Crippen LogP contribution < -0.4 is 5.32 Å². The van der Waals surface area contributed by atoms with Crippen molar-refractivity contribution in [3.63, 3.8) is 0 Å². The number of rotatable bonds is 5. The molecule has 1 aliphatic rings. The zero-order chi connectivity index (χ0) is 20.9. The van der Waals surface area contributed by atoms with Gasteiger partial charge in [-0.1, -0.05) is 63.2 Å². The molecule has 0 bridgehead atoms. The van der Waals surface area contributed by atoms with Gasteiger partial charge in [-0.05, 0) is 55.2 Å². The van der Waals surface area contributed by atoms with Gasteiger partial charge < -0.3 is 9.80 Å². The minimum absolute atomic E-state index is 0. The predicted molar refractivity (Wildman–Crippen MR) is 122 cm³/mol.